The Labute approximate surface area is 107 Å². The molecule has 2 aromatic rings. The topological polar surface area (TPSA) is 72.2 Å². The lowest BCUT2D eigenvalue weighted by molar-refractivity contribution is -0.385. The maximum atomic E-state index is 10.7. The van der Waals surface area contributed by atoms with Crippen LogP contribution in [0.3, 0.4) is 0 Å². The van der Waals surface area contributed by atoms with E-state index in [0.29, 0.717) is 5.52 Å². The summed E-state index contributed by atoms with van der Waals surface area (Å²) in [5, 5.41) is 11.6. The summed E-state index contributed by atoms with van der Waals surface area (Å²) in [6, 6.07) is 1.49. The molecule has 0 radical (unpaired) electrons. The van der Waals surface area contributed by atoms with Crippen molar-refractivity contribution in [1.29, 1.82) is 0 Å². The molecule has 0 aliphatic carbocycles. The van der Waals surface area contributed by atoms with Gasteiger partial charge in [-0.05, 0) is 19.3 Å². The predicted octanol–water partition coefficient (Wildman–Crippen LogP) is 2.59. The maximum Gasteiger partial charge on any atom is 0.289 e. The van der Waals surface area contributed by atoms with Gasteiger partial charge in [0.25, 0.3) is 5.69 Å². The number of aromatic nitrogens is 2. The van der Waals surface area contributed by atoms with Crippen molar-refractivity contribution in [3.8, 4) is 0 Å². The van der Waals surface area contributed by atoms with Crippen molar-refractivity contribution in [1.82, 2.24) is 9.97 Å². The Bertz CT molecular complexity index is 592. The van der Waals surface area contributed by atoms with Crippen LogP contribution in [0, 0.1) is 10.1 Å². The second-order valence-electron chi connectivity index (χ2n) is 4.32. The Morgan fingerprint density at radius 1 is 1.33 bits per heavy atom. The number of pyridine rings is 1. The zero-order valence-electron chi connectivity index (χ0n) is 9.70. The molecule has 1 aliphatic heterocycles. The number of rotatable bonds is 2. The summed E-state index contributed by atoms with van der Waals surface area (Å²) in [5.41, 5.74) is 0.618. The average molecular weight is 264 g/mol. The summed E-state index contributed by atoms with van der Waals surface area (Å²) in [4.78, 5) is 21.8. The molecular weight excluding hydrogens is 252 g/mol. The first-order chi connectivity index (χ1) is 8.74. The Balaban J connectivity index is 1.97. The lowest BCUT2D eigenvalue weighted by atomic mass is 10.1. The molecule has 1 saturated heterocycles. The van der Waals surface area contributed by atoms with Crippen molar-refractivity contribution in [3.05, 3.63) is 22.4 Å². The van der Waals surface area contributed by atoms with Crippen LogP contribution in [0.1, 0.15) is 19.3 Å². The molecule has 0 bridgehead atoms. The van der Waals surface area contributed by atoms with E-state index in [1.807, 2.05) is 0 Å². The molecule has 6 nitrogen and oxygen atoms in total. The van der Waals surface area contributed by atoms with E-state index < -0.39 is 4.92 Å². The fourth-order valence-corrected chi connectivity index (χ4v) is 3.06. The van der Waals surface area contributed by atoms with E-state index in [0.717, 1.165) is 23.1 Å². The summed E-state index contributed by atoms with van der Waals surface area (Å²) in [6.45, 7) is 2.03. The number of fused-ring (bicyclic) bond motifs is 1. The van der Waals surface area contributed by atoms with Gasteiger partial charge in [0.15, 0.2) is 5.13 Å². The molecule has 18 heavy (non-hydrogen) atoms. The average Bonchev–Trinajstić information content (AvgIpc) is 2.82. The van der Waals surface area contributed by atoms with Crippen LogP contribution in [0.4, 0.5) is 10.8 Å². The van der Waals surface area contributed by atoms with Crippen LogP contribution in [-0.2, 0) is 0 Å². The minimum Gasteiger partial charge on any atom is -0.348 e. The smallest absolute Gasteiger partial charge is 0.289 e. The monoisotopic (exact) mass is 264 g/mol. The number of hydrogen-bond donors (Lipinski definition) is 0. The van der Waals surface area contributed by atoms with Crippen LogP contribution in [0.15, 0.2) is 12.3 Å². The van der Waals surface area contributed by atoms with Gasteiger partial charge in [-0.15, -0.1) is 0 Å². The molecule has 0 unspecified atom stereocenters. The third-order valence-electron chi connectivity index (χ3n) is 3.06. The van der Waals surface area contributed by atoms with Gasteiger partial charge in [0.1, 0.15) is 16.5 Å². The van der Waals surface area contributed by atoms with Crippen molar-refractivity contribution >= 4 is 32.5 Å². The molecule has 3 heterocycles. The standard InChI is InChI=1S/C11H12N4O2S/c16-15(17)8-6-9-10(12-7-8)18-11(13-9)14-4-2-1-3-5-14/h6-7H,1-5H2. The fourth-order valence-electron chi connectivity index (χ4n) is 2.12. The predicted molar refractivity (Wildman–Crippen MR) is 70.1 cm³/mol. The minimum absolute atomic E-state index is 0.00186. The van der Waals surface area contributed by atoms with Crippen molar-refractivity contribution in [2.75, 3.05) is 18.0 Å². The van der Waals surface area contributed by atoms with Crippen molar-refractivity contribution in [2.24, 2.45) is 0 Å². The third-order valence-corrected chi connectivity index (χ3v) is 4.10. The SMILES string of the molecule is O=[N+]([O-])c1cnc2sc(N3CCCCC3)nc2c1. The molecule has 0 amide bonds. The van der Waals surface area contributed by atoms with Gasteiger partial charge in [0.05, 0.1) is 4.92 Å². The minimum atomic E-state index is -0.438. The highest BCUT2D eigenvalue weighted by Crippen LogP contribution is 2.30. The Morgan fingerprint density at radius 3 is 2.83 bits per heavy atom. The second kappa shape index (κ2) is 4.49. The van der Waals surface area contributed by atoms with Gasteiger partial charge in [-0.1, -0.05) is 11.3 Å². The Hall–Kier alpha value is -1.76. The van der Waals surface area contributed by atoms with E-state index in [2.05, 4.69) is 14.9 Å². The first-order valence-electron chi connectivity index (χ1n) is 5.90. The lowest BCUT2D eigenvalue weighted by Gasteiger charge is -2.25. The molecule has 0 saturated carbocycles. The number of hydrogen-bond acceptors (Lipinski definition) is 6. The van der Waals surface area contributed by atoms with Gasteiger partial charge < -0.3 is 4.90 Å². The molecule has 2 aromatic heterocycles. The molecule has 7 heteroatoms. The van der Waals surface area contributed by atoms with Crippen molar-refractivity contribution in [3.63, 3.8) is 0 Å². The molecule has 0 atom stereocenters. The molecule has 0 N–H and O–H groups in total. The molecule has 1 aliphatic rings. The van der Waals surface area contributed by atoms with Crippen molar-refractivity contribution < 1.29 is 4.92 Å². The van der Waals surface area contributed by atoms with Gasteiger partial charge in [-0.25, -0.2) is 9.97 Å². The molecule has 3 rings (SSSR count). The summed E-state index contributed by atoms with van der Waals surface area (Å²) in [6.07, 6.45) is 4.93. The van der Waals surface area contributed by atoms with E-state index in [1.165, 1.54) is 42.9 Å². The largest absolute Gasteiger partial charge is 0.348 e. The highest BCUT2D eigenvalue weighted by molar-refractivity contribution is 7.21. The second-order valence-corrected chi connectivity index (χ2v) is 5.28. The van der Waals surface area contributed by atoms with Crippen LogP contribution in [0.2, 0.25) is 0 Å². The Morgan fingerprint density at radius 2 is 2.11 bits per heavy atom. The van der Waals surface area contributed by atoms with E-state index in [9.17, 15) is 10.1 Å². The normalized spacial score (nSPS) is 16.1. The maximum absolute atomic E-state index is 10.7. The summed E-state index contributed by atoms with van der Waals surface area (Å²) < 4.78 is 0. The van der Waals surface area contributed by atoms with Gasteiger partial charge in [0, 0.05) is 19.2 Å². The van der Waals surface area contributed by atoms with Crippen LogP contribution in [-0.4, -0.2) is 28.0 Å². The molecule has 94 valence electrons. The zero-order chi connectivity index (χ0) is 12.5. The summed E-state index contributed by atoms with van der Waals surface area (Å²) >= 11 is 1.51. The molecule has 0 aromatic carbocycles. The molecule has 0 spiro atoms. The van der Waals surface area contributed by atoms with E-state index >= 15 is 0 Å². The first kappa shape index (κ1) is 11.3. The van der Waals surface area contributed by atoms with Crippen LogP contribution in [0.25, 0.3) is 10.3 Å². The summed E-state index contributed by atoms with van der Waals surface area (Å²) in [5.74, 6) is 0. The van der Waals surface area contributed by atoms with Gasteiger partial charge in [-0.3, -0.25) is 10.1 Å². The van der Waals surface area contributed by atoms with Crippen LogP contribution < -0.4 is 4.90 Å². The summed E-state index contributed by atoms with van der Waals surface area (Å²) in [7, 11) is 0. The quantitative estimate of drug-likeness (QED) is 0.615. The number of anilines is 1. The fraction of sp³-hybridized carbons (Fsp3) is 0.455. The van der Waals surface area contributed by atoms with Crippen LogP contribution in [0.5, 0.6) is 0 Å². The van der Waals surface area contributed by atoms with Gasteiger partial charge in [-0.2, -0.15) is 0 Å². The highest BCUT2D eigenvalue weighted by Gasteiger charge is 2.17. The van der Waals surface area contributed by atoms with E-state index in [-0.39, 0.29) is 5.69 Å². The number of piperidine rings is 1. The first-order valence-corrected chi connectivity index (χ1v) is 6.71. The number of nitro groups is 1. The van der Waals surface area contributed by atoms with E-state index in [1.54, 1.807) is 0 Å². The van der Waals surface area contributed by atoms with Crippen molar-refractivity contribution in [2.45, 2.75) is 19.3 Å². The zero-order valence-corrected chi connectivity index (χ0v) is 10.5. The molecule has 1 fully saturated rings. The van der Waals surface area contributed by atoms with Gasteiger partial charge >= 0.3 is 0 Å². The third kappa shape index (κ3) is 2.01. The van der Waals surface area contributed by atoms with E-state index in [4.69, 9.17) is 0 Å². The van der Waals surface area contributed by atoms with Crippen LogP contribution >= 0.6 is 11.3 Å². The number of nitrogens with zero attached hydrogens (tertiary/aromatic N) is 4. The number of thiazole rings is 1. The lowest BCUT2D eigenvalue weighted by Crippen LogP contribution is -2.29. The van der Waals surface area contributed by atoms with Gasteiger partial charge in [0.2, 0.25) is 0 Å². The molecular formula is C11H12N4O2S. The Kier molecular flexibility index (Phi) is 2.83. The highest BCUT2D eigenvalue weighted by atomic mass is 32.1.